The Kier molecular flexibility index (Phi) is 5.39. The fourth-order valence-electron chi connectivity index (χ4n) is 2.19. The molecule has 1 aliphatic carbocycles. The van der Waals surface area contributed by atoms with E-state index in [1.807, 2.05) is 24.3 Å². The minimum absolute atomic E-state index is 0. The highest BCUT2D eigenvalue weighted by Gasteiger charge is 2.30. The lowest BCUT2D eigenvalue weighted by atomic mass is 10.0. The summed E-state index contributed by atoms with van der Waals surface area (Å²) < 4.78 is 0. The van der Waals surface area contributed by atoms with Crippen LogP contribution in [0.4, 0.5) is 0 Å². The lowest BCUT2D eigenvalue weighted by Gasteiger charge is -2.15. The highest BCUT2D eigenvalue weighted by Crippen LogP contribution is 2.43. The third kappa shape index (κ3) is 3.70. The molecule has 0 spiro atoms. The molecule has 20 heavy (non-hydrogen) atoms. The van der Waals surface area contributed by atoms with E-state index in [1.165, 1.54) is 28.2 Å². The third-order valence-corrected chi connectivity index (χ3v) is 4.80. The third-order valence-electron chi connectivity index (χ3n) is 3.45. The number of hydrogen-bond acceptors (Lipinski definition) is 2. The molecule has 4 heteroatoms. The molecule has 1 saturated carbocycles. The SMILES string of the molecule is Cl.N[C@H](c1ccccc1Sc1ccc(Cl)cc1)C1CC1. The molecule has 3 rings (SSSR count). The van der Waals surface area contributed by atoms with E-state index in [-0.39, 0.29) is 18.4 Å². The van der Waals surface area contributed by atoms with Crippen LogP contribution in [-0.4, -0.2) is 0 Å². The van der Waals surface area contributed by atoms with Gasteiger partial charge in [0.25, 0.3) is 0 Å². The number of rotatable bonds is 4. The van der Waals surface area contributed by atoms with E-state index in [2.05, 4.69) is 24.3 Å². The summed E-state index contributed by atoms with van der Waals surface area (Å²) in [5.41, 5.74) is 7.61. The predicted octanol–water partition coefficient (Wildman–Crippen LogP) is 5.32. The first-order valence-electron chi connectivity index (χ1n) is 6.52. The Balaban J connectivity index is 0.00000147. The molecule has 0 radical (unpaired) electrons. The van der Waals surface area contributed by atoms with Crippen molar-refractivity contribution in [2.24, 2.45) is 11.7 Å². The van der Waals surface area contributed by atoms with Crippen molar-refractivity contribution >= 4 is 35.8 Å². The zero-order valence-corrected chi connectivity index (χ0v) is 13.3. The van der Waals surface area contributed by atoms with E-state index < -0.39 is 0 Å². The second-order valence-electron chi connectivity index (χ2n) is 4.96. The van der Waals surface area contributed by atoms with Gasteiger partial charge in [0.1, 0.15) is 0 Å². The maximum atomic E-state index is 6.34. The van der Waals surface area contributed by atoms with Crippen molar-refractivity contribution in [2.45, 2.75) is 28.7 Å². The van der Waals surface area contributed by atoms with Crippen LogP contribution in [0.5, 0.6) is 0 Å². The van der Waals surface area contributed by atoms with Crippen LogP contribution in [0, 0.1) is 5.92 Å². The predicted molar refractivity (Wildman–Crippen MR) is 88.9 cm³/mol. The Labute approximate surface area is 135 Å². The van der Waals surface area contributed by atoms with Gasteiger partial charge in [0, 0.05) is 20.9 Å². The summed E-state index contributed by atoms with van der Waals surface area (Å²) in [5, 5.41) is 0.771. The Hall–Kier alpha value is -0.670. The van der Waals surface area contributed by atoms with Crippen molar-refractivity contribution < 1.29 is 0 Å². The van der Waals surface area contributed by atoms with Gasteiger partial charge in [0.15, 0.2) is 0 Å². The van der Waals surface area contributed by atoms with Crippen LogP contribution < -0.4 is 5.73 Å². The zero-order chi connectivity index (χ0) is 13.2. The van der Waals surface area contributed by atoms with Gasteiger partial charge in [-0.15, -0.1) is 12.4 Å². The molecule has 0 aliphatic heterocycles. The number of benzene rings is 2. The van der Waals surface area contributed by atoms with E-state index in [9.17, 15) is 0 Å². The first-order chi connectivity index (χ1) is 9.24. The highest BCUT2D eigenvalue weighted by molar-refractivity contribution is 7.99. The molecule has 0 amide bonds. The summed E-state index contributed by atoms with van der Waals surface area (Å²) in [6, 6.07) is 16.6. The van der Waals surface area contributed by atoms with Gasteiger partial charge in [-0.2, -0.15) is 0 Å². The van der Waals surface area contributed by atoms with Gasteiger partial charge >= 0.3 is 0 Å². The maximum absolute atomic E-state index is 6.34. The fourth-order valence-corrected chi connectivity index (χ4v) is 3.31. The summed E-state index contributed by atoms with van der Waals surface area (Å²) in [5.74, 6) is 0.673. The maximum Gasteiger partial charge on any atom is 0.0406 e. The van der Waals surface area contributed by atoms with Crippen LogP contribution in [0.25, 0.3) is 0 Å². The van der Waals surface area contributed by atoms with Crippen molar-refractivity contribution in [1.29, 1.82) is 0 Å². The fraction of sp³-hybridized carbons (Fsp3) is 0.250. The number of hydrogen-bond donors (Lipinski definition) is 1. The summed E-state index contributed by atoms with van der Waals surface area (Å²) in [7, 11) is 0. The standard InChI is InChI=1S/C16H16ClNS.ClH/c17-12-7-9-13(10-8-12)19-15-4-2-1-3-14(15)16(18)11-5-6-11;/h1-4,7-11,16H,5-6,18H2;1H/t16-;/m0./s1. The number of nitrogens with two attached hydrogens (primary N) is 1. The molecule has 1 nitrogen and oxygen atoms in total. The van der Waals surface area contributed by atoms with Crippen molar-refractivity contribution in [3.8, 4) is 0 Å². The quantitative estimate of drug-likeness (QED) is 0.822. The minimum atomic E-state index is 0. The molecule has 1 atom stereocenters. The first kappa shape index (κ1) is 15.7. The van der Waals surface area contributed by atoms with Gasteiger partial charge in [-0.1, -0.05) is 41.6 Å². The second kappa shape index (κ2) is 6.86. The molecule has 0 unspecified atom stereocenters. The Morgan fingerprint density at radius 3 is 2.35 bits per heavy atom. The van der Waals surface area contributed by atoms with E-state index >= 15 is 0 Å². The summed E-state index contributed by atoms with van der Waals surface area (Å²) in [6.45, 7) is 0. The van der Waals surface area contributed by atoms with Crippen LogP contribution in [0.15, 0.2) is 58.3 Å². The first-order valence-corrected chi connectivity index (χ1v) is 7.71. The summed E-state index contributed by atoms with van der Waals surface area (Å²) in [4.78, 5) is 2.45. The van der Waals surface area contributed by atoms with Crippen LogP contribution in [-0.2, 0) is 0 Å². The average Bonchev–Trinajstić information content (AvgIpc) is 3.26. The topological polar surface area (TPSA) is 26.0 Å². The molecule has 2 aromatic carbocycles. The monoisotopic (exact) mass is 325 g/mol. The molecule has 0 aromatic heterocycles. The van der Waals surface area contributed by atoms with E-state index in [0.29, 0.717) is 5.92 Å². The minimum Gasteiger partial charge on any atom is -0.324 e. The van der Waals surface area contributed by atoms with Crippen LogP contribution >= 0.6 is 35.8 Å². The zero-order valence-electron chi connectivity index (χ0n) is 11.0. The second-order valence-corrected chi connectivity index (χ2v) is 6.51. The van der Waals surface area contributed by atoms with Crippen molar-refractivity contribution in [3.63, 3.8) is 0 Å². The van der Waals surface area contributed by atoms with Gasteiger partial charge in [-0.25, -0.2) is 0 Å². The molecule has 0 saturated heterocycles. The summed E-state index contributed by atoms with van der Waals surface area (Å²) in [6.07, 6.45) is 2.53. The van der Waals surface area contributed by atoms with Crippen LogP contribution in [0.3, 0.4) is 0 Å². The van der Waals surface area contributed by atoms with Crippen molar-refractivity contribution in [2.75, 3.05) is 0 Å². The molecule has 106 valence electrons. The van der Waals surface area contributed by atoms with Gasteiger partial charge in [-0.3, -0.25) is 0 Å². The Morgan fingerprint density at radius 1 is 1.05 bits per heavy atom. The molecular weight excluding hydrogens is 309 g/mol. The van der Waals surface area contributed by atoms with E-state index in [1.54, 1.807) is 11.8 Å². The lowest BCUT2D eigenvalue weighted by molar-refractivity contribution is 0.623. The van der Waals surface area contributed by atoms with Crippen molar-refractivity contribution in [3.05, 3.63) is 59.1 Å². The largest absolute Gasteiger partial charge is 0.324 e. The smallest absolute Gasteiger partial charge is 0.0406 e. The van der Waals surface area contributed by atoms with E-state index in [4.69, 9.17) is 17.3 Å². The Bertz CT molecular complexity index is 567. The Morgan fingerprint density at radius 2 is 1.70 bits per heavy atom. The molecule has 2 N–H and O–H groups in total. The lowest BCUT2D eigenvalue weighted by Crippen LogP contribution is -2.13. The van der Waals surface area contributed by atoms with Gasteiger partial charge in [-0.05, 0) is 54.7 Å². The van der Waals surface area contributed by atoms with Crippen LogP contribution in [0.1, 0.15) is 24.4 Å². The molecule has 0 heterocycles. The normalized spacial score (nSPS) is 15.5. The van der Waals surface area contributed by atoms with E-state index in [0.717, 1.165) is 5.02 Å². The average molecular weight is 326 g/mol. The van der Waals surface area contributed by atoms with Gasteiger partial charge in [0.05, 0.1) is 0 Å². The molecule has 1 fully saturated rings. The van der Waals surface area contributed by atoms with Gasteiger partial charge < -0.3 is 5.73 Å². The van der Waals surface area contributed by atoms with Gasteiger partial charge in [0.2, 0.25) is 0 Å². The molecular formula is C16H17Cl2NS. The molecule has 1 aliphatic rings. The van der Waals surface area contributed by atoms with Crippen LogP contribution in [0.2, 0.25) is 5.02 Å². The highest BCUT2D eigenvalue weighted by atomic mass is 35.5. The molecule has 2 aromatic rings. The number of halogens is 2. The van der Waals surface area contributed by atoms with Crippen molar-refractivity contribution in [1.82, 2.24) is 0 Å². The molecule has 0 bridgehead atoms. The summed E-state index contributed by atoms with van der Waals surface area (Å²) >= 11 is 7.67.